The summed E-state index contributed by atoms with van der Waals surface area (Å²) in [4.78, 5) is 4.47. The van der Waals surface area contributed by atoms with Gasteiger partial charge in [-0.2, -0.15) is 10.1 Å². The van der Waals surface area contributed by atoms with Crippen LogP contribution in [0.25, 0.3) is 0 Å². The molecular weight excluding hydrogens is 188 g/mol. The number of nitrogens with one attached hydrogen (secondary N) is 1. The lowest BCUT2D eigenvalue weighted by Gasteiger charge is -2.34. The van der Waals surface area contributed by atoms with Gasteiger partial charge in [0.1, 0.15) is 0 Å². The average Bonchev–Trinajstić information content (AvgIpc) is 2.57. The van der Waals surface area contributed by atoms with Gasteiger partial charge in [-0.05, 0) is 11.8 Å². The maximum atomic E-state index is 4.56. The first-order valence-corrected chi connectivity index (χ1v) is 5.71. The van der Waals surface area contributed by atoms with Crippen LogP contribution in [-0.4, -0.2) is 21.3 Å². The standard InChI is InChI=1S/C11H20N4/c1-5-9-13-10-12-7-6-8(11(2,3)4)15(10)14-9/h8H,5-7H2,1-4H3,(H,12,13,14). The van der Waals surface area contributed by atoms with Crippen LogP contribution in [0.5, 0.6) is 0 Å². The van der Waals surface area contributed by atoms with Crippen LogP contribution in [0.15, 0.2) is 0 Å². The summed E-state index contributed by atoms with van der Waals surface area (Å²) in [6, 6.07) is 0.460. The predicted molar refractivity (Wildman–Crippen MR) is 61.0 cm³/mol. The van der Waals surface area contributed by atoms with Crippen molar-refractivity contribution in [3.63, 3.8) is 0 Å². The lowest BCUT2D eigenvalue weighted by atomic mass is 9.84. The third kappa shape index (κ3) is 1.85. The van der Waals surface area contributed by atoms with Crippen LogP contribution in [0.4, 0.5) is 5.95 Å². The van der Waals surface area contributed by atoms with Gasteiger partial charge in [-0.1, -0.05) is 27.7 Å². The van der Waals surface area contributed by atoms with Crippen LogP contribution in [0.3, 0.4) is 0 Å². The van der Waals surface area contributed by atoms with Crippen molar-refractivity contribution >= 4 is 5.95 Å². The minimum Gasteiger partial charge on any atom is -0.354 e. The molecule has 0 aliphatic carbocycles. The van der Waals surface area contributed by atoms with Crippen molar-refractivity contribution in [3.8, 4) is 0 Å². The molecule has 0 saturated heterocycles. The molecule has 4 heteroatoms. The molecule has 84 valence electrons. The first kappa shape index (κ1) is 10.5. The molecule has 0 bridgehead atoms. The molecule has 1 unspecified atom stereocenters. The van der Waals surface area contributed by atoms with Gasteiger partial charge in [0.2, 0.25) is 5.95 Å². The number of fused-ring (bicyclic) bond motifs is 1. The van der Waals surface area contributed by atoms with Gasteiger partial charge in [0.25, 0.3) is 0 Å². The van der Waals surface area contributed by atoms with E-state index < -0.39 is 0 Å². The van der Waals surface area contributed by atoms with Crippen molar-refractivity contribution in [1.82, 2.24) is 14.8 Å². The molecule has 1 aliphatic rings. The van der Waals surface area contributed by atoms with E-state index in [1.54, 1.807) is 0 Å². The summed E-state index contributed by atoms with van der Waals surface area (Å²) < 4.78 is 2.07. The minimum absolute atomic E-state index is 0.246. The van der Waals surface area contributed by atoms with Crippen LogP contribution >= 0.6 is 0 Å². The van der Waals surface area contributed by atoms with E-state index >= 15 is 0 Å². The van der Waals surface area contributed by atoms with E-state index in [9.17, 15) is 0 Å². The summed E-state index contributed by atoms with van der Waals surface area (Å²) in [7, 11) is 0. The highest BCUT2D eigenvalue weighted by atomic mass is 15.4. The van der Waals surface area contributed by atoms with E-state index in [0.29, 0.717) is 6.04 Å². The monoisotopic (exact) mass is 208 g/mol. The molecule has 0 radical (unpaired) electrons. The van der Waals surface area contributed by atoms with E-state index in [-0.39, 0.29) is 5.41 Å². The fourth-order valence-corrected chi connectivity index (χ4v) is 2.10. The minimum atomic E-state index is 0.246. The second-order valence-electron chi connectivity index (χ2n) is 5.25. The smallest absolute Gasteiger partial charge is 0.221 e. The summed E-state index contributed by atoms with van der Waals surface area (Å²) in [6.07, 6.45) is 2.03. The Kier molecular flexibility index (Phi) is 2.44. The molecule has 0 saturated carbocycles. The second kappa shape index (κ2) is 3.51. The fourth-order valence-electron chi connectivity index (χ4n) is 2.10. The maximum absolute atomic E-state index is 4.56. The van der Waals surface area contributed by atoms with Crippen LogP contribution < -0.4 is 5.32 Å². The molecule has 2 rings (SSSR count). The third-order valence-corrected chi connectivity index (χ3v) is 2.99. The SMILES string of the molecule is CCc1nc2n(n1)C(C(C)(C)C)CCN2. The molecule has 4 nitrogen and oxygen atoms in total. The number of aromatic nitrogens is 3. The van der Waals surface area contributed by atoms with Gasteiger partial charge in [-0.25, -0.2) is 4.68 Å². The molecule has 1 aromatic rings. The summed E-state index contributed by atoms with van der Waals surface area (Å²) in [5.74, 6) is 1.88. The Morgan fingerprint density at radius 2 is 2.20 bits per heavy atom. The van der Waals surface area contributed by atoms with Gasteiger partial charge < -0.3 is 5.32 Å². The van der Waals surface area contributed by atoms with E-state index in [4.69, 9.17) is 0 Å². The Bertz CT molecular complexity index is 348. The predicted octanol–water partition coefficient (Wildman–Crippen LogP) is 2.24. The molecule has 0 fully saturated rings. The van der Waals surface area contributed by atoms with Crippen molar-refractivity contribution in [2.75, 3.05) is 11.9 Å². The number of anilines is 1. The quantitative estimate of drug-likeness (QED) is 0.769. The Balaban J connectivity index is 2.37. The van der Waals surface area contributed by atoms with Crippen molar-refractivity contribution in [1.29, 1.82) is 0 Å². The Morgan fingerprint density at radius 1 is 1.47 bits per heavy atom. The Labute approximate surface area is 91.1 Å². The molecule has 15 heavy (non-hydrogen) atoms. The Hall–Kier alpha value is -1.06. The van der Waals surface area contributed by atoms with E-state index in [0.717, 1.165) is 31.2 Å². The van der Waals surface area contributed by atoms with Crippen LogP contribution in [0.2, 0.25) is 0 Å². The number of aryl methyl sites for hydroxylation is 1. The van der Waals surface area contributed by atoms with E-state index in [1.165, 1.54) is 0 Å². The van der Waals surface area contributed by atoms with Crippen LogP contribution in [0.1, 0.15) is 46.0 Å². The molecule has 0 spiro atoms. The molecule has 0 aromatic carbocycles. The highest BCUT2D eigenvalue weighted by Crippen LogP contribution is 2.36. The summed E-state index contributed by atoms with van der Waals surface area (Å²) in [5.41, 5.74) is 0.246. The summed E-state index contributed by atoms with van der Waals surface area (Å²) in [6.45, 7) is 9.89. The lowest BCUT2D eigenvalue weighted by molar-refractivity contribution is 0.209. The number of rotatable bonds is 1. The highest BCUT2D eigenvalue weighted by molar-refractivity contribution is 5.28. The van der Waals surface area contributed by atoms with Gasteiger partial charge in [0, 0.05) is 13.0 Å². The molecule has 1 atom stereocenters. The largest absolute Gasteiger partial charge is 0.354 e. The van der Waals surface area contributed by atoms with Crippen LogP contribution in [-0.2, 0) is 6.42 Å². The first-order chi connectivity index (χ1) is 7.02. The van der Waals surface area contributed by atoms with Gasteiger partial charge >= 0.3 is 0 Å². The van der Waals surface area contributed by atoms with Crippen molar-refractivity contribution in [2.45, 2.75) is 46.6 Å². The van der Waals surface area contributed by atoms with Crippen molar-refractivity contribution in [3.05, 3.63) is 5.82 Å². The van der Waals surface area contributed by atoms with Gasteiger partial charge in [0.05, 0.1) is 6.04 Å². The zero-order chi connectivity index (χ0) is 11.1. The number of nitrogens with zero attached hydrogens (tertiary/aromatic N) is 3. The zero-order valence-corrected chi connectivity index (χ0v) is 10.0. The van der Waals surface area contributed by atoms with Crippen molar-refractivity contribution in [2.24, 2.45) is 5.41 Å². The topological polar surface area (TPSA) is 42.7 Å². The average molecular weight is 208 g/mol. The number of hydrogen-bond donors (Lipinski definition) is 1. The Morgan fingerprint density at radius 3 is 2.80 bits per heavy atom. The highest BCUT2D eigenvalue weighted by Gasteiger charge is 2.31. The van der Waals surface area contributed by atoms with Gasteiger partial charge in [-0.3, -0.25) is 0 Å². The molecular formula is C11H20N4. The maximum Gasteiger partial charge on any atom is 0.221 e. The molecule has 1 aliphatic heterocycles. The van der Waals surface area contributed by atoms with Gasteiger partial charge in [0.15, 0.2) is 5.82 Å². The van der Waals surface area contributed by atoms with E-state index in [2.05, 4.69) is 47.8 Å². The fraction of sp³-hybridized carbons (Fsp3) is 0.818. The summed E-state index contributed by atoms with van der Waals surface area (Å²) >= 11 is 0. The lowest BCUT2D eigenvalue weighted by Crippen LogP contribution is -2.32. The van der Waals surface area contributed by atoms with E-state index in [1.807, 2.05) is 0 Å². The number of hydrogen-bond acceptors (Lipinski definition) is 3. The molecule has 1 N–H and O–H groups in total. The van der Waals surface area contributed by atoms with Crippen LogP contribution in [0, 0.1) is 5.41 Å². The zero-order valence-electron chi connectivity index (χ0n) is 10.0. The second-order valence-corrected chi connectivity index (χ2v) is 5.25. The molecule has 2 heterocycles. The summed E-state index contributed by atoms with van der Waals surface area (Å²) in [5, 5.41) is 7.87. The molecule has 0 amide bonds. The molecule has 1 aromatic heterocycles. The normalized spacial score (nSPS) is 20.9. The van der Waals surface area contributed by atoms with Gasteiger partial charge in [-0.15, -0.1) is 0 Å². The first-order valence-electron chi connectivity index (χ1n) is 5.71. The third-order valence-electron chi connectivity index (χ3n) is 2.99. The van der Waals surface area contributed by atoms with Crippen molar-refractivity contribution < 1.29 is 0 Å².